The van der Waals surface area contributed by atoms with Crippen molar-refractivity contribution < 1.29 is 4.79 Å². The molecule has 2 heterocycles. The van der Waals surface area contributed by atoms with E-state index in [1.807, 2.05) is 24.6 Å². The van der Waals surface area contributed by atoms with Crippen molar-refractivity contribution >= 4 is 27.3 Å². The van der Waals surface area contributed by atoms with E-state index in [2.05, 4.69) is 39.9 Å². The summed E-state index contributed by atoms with van der Waals surface area (Å²) in [7, 11) is 0. The maximum absolute atomic E-state index is 12.1. The van der Waals surface area contributed by atoms with E-state index >= 15 is 0 Å². The Bertz CT molecular complexity index is 790. The number of amides is 1. The average molecular weight is 313 g/mol. The van der Waals surface area contributed by atoms with Gasteiger partial charge >= 0.3 is 0 Å². The van der Waals surface area contributed by atoms with Crippen LogP contribution >= 0.6 is 11.3 Å². The van der Waals surface area contributed by atoms with Crippen molar-refractivity contribution in [3.05, 3.63) is 53.4 Å². The number of nitrogens with zero attached hydrogens (tertiary/aromatic N) is 2. The lowest BCUT2D eigenvalue weighted by Gasteiger charge is -2.15. The lowest BCUT2D eigenvalue weighted by Crippen LogP contribution is -2.25. The first-order chi connectivity index (χ1) is 10.6. The maximum Gasteiger partial charge on any atom is 0.222 e. The average Bonchev–Trinajstić information content (AvgIpc) is 3.12. The Kier molecular flexibility index (Phi) is 4.24. The van der Waals surface area contributed by atoms with Crippen LogP contribution in [0.4, 0.5) is 0 Å². The molecular formula is C17H19N3OS. The Labute approximate surface area is 133 Å². The van der Waals surface area contributed by atoms with Crippen LogP contribution in [-0.2, 0) is 11.3 Å². The second-order valence-electron chi connectivity index (χ2n) is 5.50. The number of thiophene rings is 1. The highest BCUT2D eigenvalue weighted by molar-refractivity contribution is 7.17. The predicted octanol–water partition coefficient (Wildman–Crippen LogP) is 3.67. The molecule has 3 rings (SSSR count). The summed E-state index contributed by atoms with van der Waals surface area (Å²) in [5.74, 6) is 0.995. The summed E-state index contributed by atoms with van der Waals surface area (Å²) in [6.45, 7) is 4.55. The number of hydrogen-bond donors (Lipinski definition) is 1. The van der Waals surface area contributed by atoms with E-state index in [0.717, 1.165) is 11.4 Å². The number of rotatable bonds is 5. The predicted molar refractivity (Wildman–Crippen MR) is 90.0 cm³/mol. The molecule has 0 aliphatic carbocycles. The summed E-state index contributed by atoms with van der Waals surface area (Å²) in [6, 6.07) is 8.54. The number of carbonyl (C=O) groups is 1. The van der Waals surface area contributed by atoms with E-state index in [0.29, 0.717) is 13.0 Å². The van der Waals surface area contributed by atoms with Gasteiger partial charge < -0.3 is 9.88 Å². The van der Waals surface area contributed by atoms with Crippen LogP contribution in [-0.4, -0.2) is 15.5 Å². The number of fused-ring (bicyclic) bond motifs is 1. The van der Waals surface area contributed by atoms with Gasteiger partial charge in [-0.3, -0.25) is 4.79 Å². The van der Waals surface area contributed by atoms with E-state index in [9.17, 15) is 4.79 Å². The molecule has 0 spiro atoms. The number of imidazole rings is 1. The second kappa shape index (κ2) is 6.32. The first-order valence-corrected chi connectivity index (χ1v) is 8.24. The summed E-state index contributed by atoms with van der Waals surface area (Å²) >= 11 is 1.73. The minimum Gasteiger partial charge on any atom is -0.352 e. The van der Waals surface area contributed by atoms with Gasteiger partial charge in [0.25, 0.3) is 0 Å². The summed E-state index contributed by atoms with van der Waals surface area (Å²) in [6.07, 6.45) is 4.13. The summed E-state index contributed by atoms with van der Waals surface area (Å²) in [5, 5.41) is 6.32. The van der Waals surface area contributed by atoms with Crippen molar-refractivity contribution in [1.82, 2.24) is 14.9 Å². The molecule has 1 atom stereocenters. The largest absolute Gasteiger partial charge is 0.352 e. The van der Waals surface area contributed by atoms with Crippen molar-refractivity contribution in [1.29, 1.82) is 0 Å². The molecule has 0 aliphatic rings. The second-order valence-corrected chi connectivity index (χ2v) is 6.45. The highest BCUT2D eigenvalue weighted by atomic mass is 32.1. The number of benzene rings is 1. The van der Waals surface area contributed by atoms with Gasteiger partial charge in [0.05, 0.1) is 0 Å². The molecule has 114 valence electrons. The summed E-state index contributed by atoms with van der Waals surface area (Å²) in [4.78, 5) is 16.3. The molecule has 5 heteroatoms. The molecule has 0 fully saturated rings. The standard InChI is InChI=1S/C17H19N3OS/c1-12(20-7-6-18-13(20)2)9-17(21)19-11-14-3-4-16-15(10-14)5-8-22-16/h3-8,10,12H,9,11H2,1-2H3,(H,19,21)/t12-/m0/s1. The SMILES string of the molecule is Cc1nccn1[C@@H](C)CC(=O)NCc1ccc2sccc2c1. The Morgan fingerprint density at radius 3 is 3.05 bits per heavy atom. The van der Waals surface area contributed by atoms with Crippen molar-refractivity contribution in [2.75, 3.05) is 0 Å². The van der Waals surface area contributed by atoms with Gasteiger partial charge in [0, 0.05) is 36.1 Å². The third kappa shape index (κ3) is 3.20. The summed E-state index contributed by atoms with van der Waals surface area (Å²) < 4.78 is 3.30. The van der Waals surface area contributed by atoms with E-state index in [1.165, 1.54) is 10.1 Å². The van der Waals surface area contributed by atoms with Crippen LogP contribution in [0, 0.1) is 6.92 Å². The van der Waals surface area contributed by atoms with Gasteiger partial charge in [-0.05, 0) is 48.4 Å². The Hall–Kier alpha value is -2.14. The van der Waals surface area contributed by atoms with Crippen LogP contribution < -0.4 is 5.32 Å². The Balaban J connectivity index is 1.56. The fraction of sp³-hybridized carbons (Fsp3) is 0.294. The maximum atomic E-state index is 12.1. The molecular weight excluding hydrogens is 294 g/mol. The van der Waals surface area contributed by atoms with Gasteiger partial charge in [-0.15, -0.1) is 11.3 Å². The Morgan fingerprint density at radius 2 is 2.27 bits per heavy atom. The fourth-order valence-electron chi connectivity index (χ4n) is 2.62. The molecule has 1 amide bonds. The van der Waals surface area contributed by atoms with Gasteiger partial charge in [0.2, 0.25) is 5.91 Å². The third-order valence-corrected chi connectivity index (χ3v) is 4.72. The van der Waals surface area contributed by atoms with E-state index in [-0.39, 0.29) is 11.9 Å². The number of aryl methyl sites for hydroxylation is 1. The Morgan fingerprint density at radius 1 is 1.41 bits per heavy atom. The molecule has 0 saturated carbocycles. The lowest BCUT2D eigenvalue weighted by atomic mass is 10.1. The molecule has 0 aliphatic heterocycles. The molecule has 0 unspecified atom stereocenters. The zero-order valence-electron chi connectivity index (χ0n) is 12.7. The van der Waals surface area contributed by atoms with Crippen molar-refractivity contribution in [3.8, 4) is 0 Å². The van der Waals surface area contributed by atoms with Crippen LogP contribution in [0.1, 0.15) is 30.8 Å². The van der Waals surface area contributed by atoms with Crippen LogP contribution in [0.5, 0.6) is 0 Å². The molecule has 22 heavy (non-hydrogen) atoms. The van der Waals surface area contributed by atoms with Gasteiger partial charge in [0.15, 0.2) is 0 Å². The van der Waals surface area contributed by atoms with Gasteiger partial charge in [0.1, 0.15) is 5.82 Å². The van der Waals surface area contributed by atoms with E-state index < -0.39 is 0 Å². The minimum absolute atomic E-state index is 0.0611. The topological polar surface area (TPSA) is 46.9 Å². The molecule has 2 aromatic heterocycles. The zero-order chi connectivity index (χ0) is 15.5. The van der Waals surface area contributed by atoms with Crippen molar-refractivity contribution in [2.45, 2.75) is 32.9 Å². The van der Waals surface area contributed by atoms with Crippen LogP contribution in [0.25, 0.3) is 10.1 Å². The number of aromatic nitrogens is 2. The number of nitrogens with one attached hydrogen (secondary N) is 1. The minimum atomic E-state index is 0.0611. The molecule has 0 radical (unpaired) electrons. The fourth-order valence-corrected chi connectivity index (χ4v) is 3.39. The summed E-state index contributed by atoms with van der Waals surface area (Å²) in [5.41, 5.74) is 1.13. The molecule has 0 saturated heterocycles. The molecule has 1 N–H and O–H groups in total. The van der Waals surface area contributed by atoms with Crippen molar-refractivity contribution in [3.63, 3.8) is 0 Å². The number of hydrogen-bond acceptors (Lipinski definition) is 3. The van der Waals surface area contributed by atoms with Gasteiger partial charge in [-0.1, -0.05) is 6.07 Å². The highest BCUT2D eigenvalue weighted by Gasteiger charge is 2.12. The first-order valence-electron chi connectivity index (χ1n) is 7.36. The smallest absolute Gasteiger partial charge is 0.222 e. The molecule has 0 bridgehead atoms. The molecule has 4 nitrogen and oxygen atoms in total. The molecule has 1 aromatic carbocycles. The lowest BCUT2D eigenvalue weighted by molar-refractivity contribution is -0.121. The van der Waals surface area contributed by atoms with Crippen molar-refractivity contribution in [2.24, 2.45) is 0 Å². The monoisotopic (exact) mass is 313 g/mol. The van der Waals surface area contributed by atoms with Crippen LogP contribution in [0.3, 0.4) is 0 Å². The number of carbonyl (C=O) groups excluding carboxylic acids is 1. The first kappa shape index (κ1) is 14.8. The van der Waals surface area contributed by atoms with Crippen LogP contribution in [0.15, 0.2) is 42.0 Å². The zero-order valence-corrected chi connectivity index (χ0v) is 13.6. The highest BCUT2D eigenvalue weighted by Crippen LogP contribution is 2.21. The van der Waals surface area contributed by atoms with E-state index in [1.54, 1.807) is 17.5 Å². The normalized spacial score (nSPS) is 12.5. The van der Waals surface area contributed by atoms with E-state index in [4.69, 9.17) is 0 Å². The van der Waals surface area contributed by atoms with Gasteiger partial charge in [-0.2, -0.15) is 0 Å². The quantitative estimate of drug-likeness (QED) is 0.781. The van der Waals surface area contributed by atoms with Gasteiger partial charge in [-0.25, -0.2) is 4.98 Å². The third-order valence-electron chi connectivity index (χ3n) is 3.82. The van der Waals surface area contributed by atoms with Crippen LogP contribution in [0.2, 0.25) is 0 Å². The molecule has 3 aromatic rings.